The number of alkyl halides is 3. The molecule has 0 saturated carbocycles. The van der Waals surface area contributed by atoms with Crippen molar-refractivity contribution in [1.29, 1.82) is 0 Å². The number of carbonyl (C=O) groups is 1. The normalized spacial score (nSPS) is 15.9. The van der Waals surface area contributed by atoms with Crippen molar-refractivity contribution in [3.63, 3.8) is 0 Å². The Kier molecular flexibility index (Phi) is 5.27. The number of hydrogen-bond acceptors (Lipinski definition) is 3. The average molecular weight is 363 g/mol. The highest BCUT2D eigenvalue weighted by Gasteiger charge is 2.33. The number of hydrogen-bond donors (Lipinski definition) is 0. The zero-order valence-corrected chi connectivity index (χ0v) is 14.5. The number of piperazine rings is 1. The number of carbonyl (C=O) groups excluding carboxylic acids is 1. The van der Waals surface area contributed by atoms with Gasteiger partial charge in [-0.15, -0.1) is 0 Å². The van der Waals surface area contributed by atoms with Crippen molar-refractivity contribution >= 4 is 5.91 Å². The smallest absolute Gasteiger partial charge is 0.336 e. The van der Waals surface area contributed by atoms with E-state index in [0.29, 0.717) is 11.3 Å². The molecule has 0 aliphatic carbocycles. The van der Waals surface area contributed by atoms with Crippen molar-refractivity contribution in [1.82, 2.24) is 14.8 Å². The number of benzene rings is 1. The zero-order valence-electron chi connectivity index (χ0n) is 14.5. The lowest BCUT2D eigenvalue weighted by Crippen LogP contribution is -2.51. The number of nitrogens with zero attached hydrogens (tertiary/aromatic N) is 3. The molecule has 1 saturated heterocycles. The predicted molar refractivity (Wildman–Crippen MR) is 92.8 cm³/mol. The first-order chi connectivity index (χ1) is 12.3. The van der Waals surface area contributed by atoms with Gasteiger partial charge in [0.1, 0.15) is 0 Å². The van der Waals surface area contributed by atoms with Crippen LogP contribution in [0.15, 0.2) is 42.5 Å². The van der Waals surface area contributed by atoms with Crippen LogP contribution in [-0.2, 0) is 0 Å². The van der Waals surface area contributed by atoms with Crippen LogP contribution in [0.4, 0.5) is 13.2 Å². The largest absolute Gasteiger partial charge is 0.401 e. The lowest BCUT2D eigenvalue weighted by atomic mass is 10.1. The Morgan fingerprint density at radius 1 is 1.04 bits per heavy atom. The highest BCUT2D eigenvalue weighted by Crippen LogP contribution is 2.21. The van der Waals surface area contributed by atoms with Gasteiger partial charge in [0.15, 0.2) is 0 Å². The summed E-state index contributed by atoms with van der Waals surface area (Å²) in [6, 6.07) is 13.2. The summed E-state index contributed by atoms with van der Waals surface area (Å²) in [7, 11) is 0. The van der Waals surface area contributed by atoms with Crippen LogP contribution in [0.25, 0.3) is 11.3 Å². The number of rotatable bonds is 3. The molecule has 1 aromatic heterocycles. The maximum absolute atomic E-state index is 12.7. The summed E-state index contributed by atoms with van der Waals surface area (Å²) >= 11 is 0. The van der Waals surface area contributed by atoms with E-state index in [4.69, 9.17) is 0 Å². The van der Waals surface area contributed by atoms with Gasteiger partial charge >= 0.3 is 6.18 Å². The van der Waals surface area contributed by atoms with Crippen molar-refractivity contribution < 1.29 is 18.0 Å². The summed E-state index contributed by atoms with van der Waals surface area (Å²) < 4.78 is 37.4. The van der Waals surface area contributed by atoms with Crippen LogP contribution < -0.4 is 0 Å². The van der Waals surface area contributed by atoms with Gasteiger partial charge in [-0.2, -0.15) is 13.2 Å². The summed E-state index contributed by atoms with van der Waals surface area (Å²) in [6.07, 6.45) is -4.21. The Hall–Kier alpha value is -2.41. The van der Waals surface area contributed by atoms with Gasteiger partial charge in [-0.3, -0.25) is 14.7 Å². The van der Waals surface area contributed by atoms with Crippen LogP contribution in [-0.4, -0.2) is 59.6 Å². The SMILES string of the molecule is Cc1nc(-c2ccccc2)ccc1C(=O)N1CCN(CC(F)(F)F)CC1. The first-order valence-corrected chi connectivity index (χ1v) is 8.45. The summed E-state index contributed by atoms with van der Waals surface area (Å²) in [5, 5.41) is 0. The third-order valence-electron chi connectivity index (χ3n) is 4.45. The Bertz CT molecular complexity index is 769. The molecule has 4 nitrogen and oxygen atoms in total. The monoisotopic (exact) mass is 363 g/mol. The molecule has 26 heavy (non-hydrogen) atoms. The number of halogens is 3. The lowest BCUT2D eigenvalue weighted by Gasteiger charge is -2.35. The molecule has 2 heterocycles. The molecule has 0 spiro atoms. The fourth-order valence-corrected chi connectivity index (χ4v) is 3.09. The minimum Gasteiger partial charge on any atom is -0.336 e. The van der Waals surface area contributed by atoms with Gasteiger partial charge in [-0.1, -0.05) is 30.3 Å². The fraction of sp³-hybridized carbons (Fsp3) is 0.368. The number of amides is 1. The molecule has 1 fully saturated rings. The van der Waals surface area contributed by atoms with Crippen molar-refractivity contribution in [3.05, 3.63) is 53.7 Å². The van der Waals surface area contributed by atoms with Crippen LogP contribution in [0.2, 0.25) is 0 Å². The molecule has 0 bridgehead atoms. The van der Waals surface area contributed by atoms with Gasteiger partial charge in [-0.25, -0.2) is 0 Å². The van der Waals surface area contributed by atoms with Crippen molar-refractivity contribution in [2.24, 2.45) is 0 Å². The zero-order chi connectivity index (χ0) is 18.7. The molecule has 2 aromatic rings. The molecule has 138 valence electrons. The molecule has 0 N–H and O–H groups in total. The molecule has 0 atom stereocenters. The van der Waals surface area contributed by atoms with Crippen molar-refractivity contribution in [2.75, 3.05) is 32.7 Å². The van der Waals surface area contributed by atoms with E-state index in [1.165, 1.54) is 4.90 Å². The third-order valence-corrected chi connectivity index (χ3v) is 4.45. The minimum atomic E-state index is -4.21. The summed E-state index contributed by atoms with van der Waals surface area (Å²) in [4.78, 5) is 20.1. The van der Waals surface area contributed by atoms with Gasteiger partial charge in [0.25, 0.3) is 5.91 Å². The van der Waals surface area contributed by atoms with E-state index in [2.05, 4.69) is 4.98 Å². The van der Waals surface area contributed by atoms with Gasteiger partial charge in [-0.05, 0) is 19.1 Å². The quantitative estimate of drug-likeness (QED) is 0.839. The molecule has 7 heteroatoms. The van der Waals surface area contributed by atoms with Crippen LogP contribution in [0.5, 0.6) is 0 Å². The first-order valence-electron chi connectivity index (χ1n) is 8.45. The third kappa shape index (κ3) is 4.40. The van der Waals surface area contributed by atoms with E-state index in [1.807, 2.05) is 30.3 Å². The molecule has 3 rings (SSSR count). The Morgan fingerprint density at radius 3 is 2.27 bits per heavy atom. The standard InChI is InChI=1S/C19H20F3N3O/c1-14-16(7-8-17(23-14)15-5-3-2-4-6-15)18(26)25-11-9-24(10-12-25)13-19(20,21)22/h2-8H,9-13H2,1H3. The van der Waals surface area contributed by atoms with Crippen LogP contribution in [0, 0.1) is 6.92 Å². The van der Waals surface area contributed by atoms with E-state index in [9.17, 15) is 18.0 Å². The van der Waals surface area contributed by atoms with E-state index in [0.717, 1.165) is 11.3 Å². The summed E-state index contributed by atoms with van der Waals surface area (Å²) in [5.74, 6) is -0.179. The molecule has 1 amide bonds. The molecule has 0 unspecified atom stereocenters. The maximum atomic E-state index is 12.7. The first kappa shape index (κ1) is 18.4. The van der Waals surface area contributed by atoms with Gasteiger partial charge in [0.2, 0.25) is 0 Å². The Balaban J connectivity index is 1.67. The van der Waals surface area contributed by atoms with Crippen LogP contribution >= 0.6 is 0 Å². The number of aryl methyl sites for hydroxylation is 1. The highest BCUT2D eigenvalue weighted by molar-refractivity contribution is 5.95. The van der Waals surface area contributed by atoms with Crippen molar-refractivity contribution in [3.8, 4) is 11.3 Å². The molecule has 1 aromatic carbocycles. The minimum absolute atomic E-state index is 0.179. The predicted octanol–water partition coefficient (Wildman–Crippen LogP) is 3.38. The molecule has 1 aliphatic rings. The van der Waals surface area contributed by atoms with E-state index in [1.54, 1.807) is 24.0 Å². The summed E-state index contributed by atoms with van der Waals surface area (Å²) in [5.41, 5.74) is 2.87. The summed E-state index contributed by atoms with van der Waals surface area (Å²) in [6.45, 7) is 1.87. The van der Waals surface area contributed by atoms with E-state index < -0.39 is 12.7 Å². The highest BCUT2D eigenvalue weighted by atomic mass is 19.4. The molecule has 0 radical (unpaired) electrons. The molecular formula is C19H20F3N3O. The maximum Gasteiger partial charge on any atom is 0.401 e. The second kappa shape index (κ2) is 7.45. The second-order valence-corrected chi connectivity index (χ2v) is 6.38. The van der Waals surface area contributed by atoms with E-state index in [-0.39, 0.29) is 32.1 Å². The molecule has 1 aliphatic heterocycles. The fourth-order valence-electron chi connectivity index (χ4n) is 3.09. The number of aromatic nitrogens is 1. The average Bonchev–Trinajstić information content (AvgIpc) is 2.61. The lowest BCUT2D eigenvalue weighted by molar-refractivity contribution is -0.148. The van der Waals surface area contributed by atoms with E-state index >= 15 is 0 Å². The molecular weight excluding hydrogens is 343 g/mol. The van der Waals surface area contributed by atoms with Crippen molar-refractivity contribution in [2.45, 2.75) is 13.1 Å². The van der Waals surface area contributed by atoms with Gasteiger partial charge < -0.3 is 4.90 Å². The number of pyridine rings is 1. The van der Waals surface area contributed by atoms with Gasteiger partial charge in [0.05, 0.1) is 23.5 Å². The Labute approximate surface area is 150 Å². The van der Waals surface area contributed by atoms with Crippen LogP contribution in [0.3, 0.4) is 0 Å². The second-order valence-electron chi connectivity index (χ2n) is 6.38. The van der Waals surface area contributed by atoms with Gasteiger partial charge in [0, 0.05) is 31.7 Å². The Morgan fingerprint density at radius 2 is 1.69 bits per heavy atom. The topological polar surface area (TPSA) is 36.4 Å². The van der Waals surface area contributed by atoms with Crippen LogP contribution in [0.1, 0.15) is 16.1 Å².